The topological polar surface area (TPSA) is 34.1 Å². The Labute approximate surface area is 111 Å². The highest BCUT2D eigenvalue weighted by atomic mass is 79.9. The molecule has 2 rings (SSSR count). The maximum Gasteiger partial charge on any atom is 0.213 e. The van der Waals surface area contributed by atoms with E-state index < -0.39 is 0 Å². The van der Waals surface area contributed by atoms with E-state index in [2.05, 4.69) is 26.2 Å². The number of rotatable bonds is 4. The second kappa shape index (κ2) is 6.36. The molecule has 0 aromatic carbocycles. The number of hydrogen-bond donors (Lipinski definition) is 1. The summed E-state index contributed by atoms with van der Waals surface area (Å²) < 4.78 is 6.70. The van der Waals surface area contributed by atoms with Gasteiger partial charge in [0.15, 0.2) is 0 Å². The van der Waals surface area contributed by atoms with Crippen molar-refractivity contribution in [3.63, 3.8) is 0 Å². The zero-order chi connectivity index (χ0) is 12.1. The van der Waals surface area contributed by atoms with Crippen molar-refractivity contribution in [1.29, 1.82) is 0 Å². The van der Waals surface area contributed by atoms with Crippen LogP contribution in [0.5, 0.6) is 5.88 Å². The van der Waals surface area contributed by atoms with Crippen LogP contribution in [0.3, 0.4) is 0 Å². The molecule has 1 atom stereocenters. The van der Waals surface area contributed by atoms with E-state index >= 15 is 0 Å². The van der Waals surface area contributed by atoms with Crippen molar-refractivity contribution in [2.24, 2.45) is 0 Å². The molecule has 4 heteroatoms. The molecule has 1 N–H and O–H groups in total. The molecule has 0 aliphatic carbocycles. The van der Waals surface area contributed by atoms with Gasteiger partial charge in [0.2, 0.25) is 5.88 Å². The van der Waals surface area contributed by atoms with Crippen LogP contribution in [-0.2, 0) is 0 Å². The Morgan fingerprint density at radius 3 is 3.06 bits per heavy atom. The Bertz CT molecular complexity index is 364. The lowest BCUT2D eigenvalue weighted by Crippen LogP contribution is -2.35. The van der Waals surface area contributed by atoms with Crippen LogP contribution in [-0.4, -0.2) is 24.2 Å². The predicted molar refractivity (Wildman–Crippen MR) is 72.4 cm³/mol. The zero-order valence-corrected chi connectivity index (χ0v) is 11.8. The Morgan fingerprint density at radius 1 is 1.47 bits per heavy atom. The Kier molecular flexibility index (Phi) is 4.80. The molecule has 0 radical (unpaired) electrons. The van der Waals surface area contributed by atoms with Crippen molar-refractivity contribution >= 4 is 15.9 Å². The molecule has 0 saturated carbocycles. The predicted octanol–water partition coefficient (Wildman–Crippen LogP) is 3.06. The van der Waals surface area contributed by atoms with Crippen molar-refractivity contribution in [2.75, 3.05) is 13.2 Å². The van der Waals surface area contributed by atoms with Gasteiger partial charge in [-0.05, 0) is 54.7 Å². The van der Waals surface area contributed by atoms with Crippen LogP contribution in [0.25, 0.3) is 0 Å². The number of piperidine rings is 1. The van der Waals surface area contributed by atoms with Gasteiger partial charge in [-0.1, -0.05) is 6.42 Å². The lowest BCUT2D eigenvalue weighted by molar-refractivity contribution is 0.260. The summed E-state index contributed by atoms with van der Waals surface area (Å²) in [5.41, 5.74) is 0.971. The van der Waals surface area contributed by atoms with Crippen molar-refractivity contribution in [3.8, 4) is 5.88 Å². The van der Waals surface area contributed by atoms with Crippen LogP contribution >= 0.6 is 15.9 Å². The largest absolute Gasteiger partial charge is 0.478 e. The molecule has 1 saturated heterocycles. The van der Waals surface area contributed by atoms with E-state index in [-0.39, 0.29) is 0 Å². The number of aromatic nitrogens is 1. The molecule has 94 valence electrons. The number of nitrogens with zero attached hydrogens (tertiary/aromatic N) is 1. The average Bonchev–Trinajstić information content (AvgIpc) is 2.35. The van der Waals surface area contributed by atoms with E-state index in [0.29, 0.717) is 6.04 Å². The van der Waals surface area contributed by atoms with Crippen molar-refractivity contribution < 1.29 is 4.74 Å². The minimum absolute atomic E-state index is 0.625. The van der Waals surface area contributed by atoms with Gasteiger partial charge in [-0.3, -0.25) is 0 Å². The van der Waals surface area contributed by atoms with Gasteiger partial charge >= 0.3 is 0 Å². The van der Waals surface area contributed by atoms with Gasteiger partial charge < -0.3 is 10.1 Å². The van der Waals surface area contributed by atoms with Crippen LogP contribution in [0.1, 0.15) is 31.4 Å². The van der Waals surface area contributed by atoms with E-state index in [0.717, 1.165) is 35.6 Å². The van der Waals surface area contributed by atoms with Gasteiger partial charge in [0.05, 0.1) is 12.3 Å². The summed E-state index contributed by atoms with van der Waals surface area (Å²) in [6.07, 6.45) is 4.99. The molecule has 0 bridgehead atoms. The van der Waals surface area contributed by atoms with Crippen molar-refractivity contribution in [1.82, 2.24) is 10.3 Å². The average molecular weight is 299 g/mol. The monoisotopic (exact) mass is 298 g/mol. The Morgan fingerprint density at radius 2 is 2.35 bits per heavy atom. The standard InChI is InChI=1S/C13H19BrN2O/c1-10-12(14)5-6-13(16-10)17-9-7-11-4-2-3-8-15-11/h5-6,11,15H,2-4,7-9H2,1H3. The third-order valence-corrected chi connectivity index (χ3v) is 3.96. The first-order valence-corrected chi connectivity index (χ1v) is 7.04. The van der Waals surface area contributed by atoms with Gasteiger partial charge in [-0.2, -0.15) is 0 Å². The van der Waals surface area contributed by atoms with Crippen LogP contribution in [0.2, 0.25) is 0 Å². The number of halogens is 1. The molecule has 1 aliphatic rings. The van der Waals surface area contributed by atoms with E-state index in [4.69, 9.17) is 4.74 Å². The first kappa shape index (κ1) is 12.8. The fourth-order valence-electron chi connectivity index (χ4n) is 2.08. The highest BCUT2D eigenvalue weighted by Gasteiger charge is 2.12. The summed E-state index contributed by atoms with van der Waals surface area (Å²) in [5.74, 6) is 0.724. The maximum absolute atomic E-state index is 5.67. The second-order valence-corrected chi connectivity index (χ2v) is 5.36. The van der Waals surface area contributed by atoms with Crippen LogP contribution in [0, 0.1) is 6.92 Å². The molecule has 2 heterocycles. The van der Waals surface area contributed by atoms with Gasteiger partial charge in [0.1, 0.15) is 0 Å². The SMILES string of the molecule is Cc1nc(OCCC2CCCCN2)ccc1Br. The van der Waals surface area contributed by atoms with Gasteiger partial charge in [0.25, 0.3) is 0 Å². The van der Waals surface area contributed by atoms with Crippen LogP contribution in [0.15, 0.2) is 16.6 Å². The second-order valence-electron chi connectivity index (χ2n) is 4.50. The molecule has 1 aromatic rings. The third kappa shape index (κ3) is 3.96. The molecular formula is C13H19BrN2O. The minimum Gasteiger partial charge on any atom is -0.478 e. The molecule has 1 aromatic heterocycles. The number of ether oxygens (including phenoxy) is 1. The number of nitrogens with one attached hydrogen (secondary N) is 1. The lowest BCUT2D eigenvalue weighted by atomic mass is 10.0. The molecule has 17 heavy (non-hydrogen) atoms. The molecule has 1 fully saturated rings. The lowest BCUT2D eigenvalue weighted by Gasteiger charge is -2.23. The van der Waals surface area contributed by atoms with Gasteiger partial charge in [-0.15, -0.1) is 0 Å². The number of pyridine rings is 1. The first-order chi connectivity index (χ1) is 8.25. The highest BCUT2D eigenvalue weighted by Crippen LogP contribution is 2.18. The first-order valence-electron chi connectivity index (χ1n) is 6.25. The molecule has 0 amide bonds. The molecule has 1 aliphatic heterocycles. The quantitative estimate of drug-likeness (QED) is 0.928. The molecule has 1 unspecified atom stereocenters. The van der Waals surface area contributed by atoms with Gasteiger partial charge in [0, 0.05) is 16.6 Å². The smallest absolute Gasteiger partial charge is 0.213 e. The fraction of sp³-hybridized carbons (Fsp3) is 0.615. The van der Waals surface area contributed by atoms with Crippen LogP contribution in [0.4, 0.5) is 0 Å². The number of aryl methyl sites for hydroxylation is 1. The Hall–Kier alpha value is -0.610. The maximum atomic E-state index is 5.67. The zero-order valence-electron chi connectivity index (χ0n) is 10.2. The van der Waals surface area contributed by atoms with E-state index in [1.54, 1.807) is 0 Å². The van der Waals surface area contributed by atoms with E-state index in [1.165, 1.54) is 19.3 Å². The van der Waals surface area contributed by atoms with Crippen molar-refractivity contribution in [3.05, 3.63) is 22.3 Å². The van der Waals surface area contributed by atoms with Crippen molar-refractivity contribution in [2.45, 2.75) is 38.6 Å². The van der Waals surface area contributed by atoms with E-state index in [9.17, 15) is 0 Å². The normalized spacial score (nSPS) is 20.2. The number of hydrogen-bond acceptors (Lipinski definition) is 3. The molecular weight excluding hydrogens is 280 g/mol. The summed E-state index contributed by atoms with van der Waals surface area (Å²) in [6, 6.07) is 4.52. The summed E-state index contributed by atoms with van der Waals surface area (Å²) in [5, 5.41) is 3.52. The molecule has 0 spiro atoms. The van der Waals surface area contributed by atoms with Crippen LogP contribution < -0.4 is 10.1 Å². The Balaban J connectivity index is 1.75. The minimum atomic E-state index is 0.625. The summed E-state index contributed by atoms with van der Waals surface area (Å²) in [6.45, 7) is 3.87. The van der Waals surface area contributed by atoms with E-state index in [1.807, 2.05) is 19.1 Å². The summed E-state index contributed by atoms with van der Waals surface area (Å²) in [4.78, 5) is 4.37. The highest BCUT2D eigenvalue weighted by molar-refractivity contribution is 9.10. The third-order valence-electron chi connectivity index (χ3n) is 3.12. The van der Waals surface area contributed by atoms with Gasteiger partial charge in [-0.25, -0.2) is 4.98 Å². The molecule has 3 nitrogen and oxygen atoms in total. The fourth-order valence-corrected chi connectivity index (χ4v) is 2.30. The summed E-state index contributed by atoms with van der Waals surface area (Å²) >= 11 is 3.43. The summed E-state index contributed by atoms with van der Waals surface area (Å²) in [7, 11) is 0.